The average molecular weight is 353 g/mol. The Morgan fingerprint density at radius 1 is 1.19 bits per heavy atom. The van der Waals surface area contributed by atoms with Gasteiger partial charge in [-0.15, -0.1) is 0 Å². The summed E-state index contributed by atoms with van der Waals surface area (Å²) in [4.78, 5) is 31.1. The van der Waals surface area contributed by atoms with Crippen molar-refractivity contribution in [2.24, 2.45) is 5.92 Å². The predicted octanol–water partition coefficient (Wildman–Crippen LogP) is 3.21. The van der Waals surface area contributed by atoms with E-state index in [1.807, 2.05) is 4.90 Å². The van der Waals surface area contributed by atoms with Gasteiger partial charge in [0, 0.05) is 31.2 Å². The molecular weight excluding hydrogens is 330 g/mol. The molecule has 136 valence electrons. The van der Waals surface area contributed by atoms with E-state index < -0.39 is 0 Å². The van der Waals surface area contributed by atoms with E-state index in [4.69, 9.17) is 4.74 Å². The van der Waals surface area contributed by atoms with Gasteiger partial charge >= 0.3 is 0 Å². The van der Waals surface area contributed by atoms with Crippen LogP contribution in [0.4, 0.5) is 5.69 Å². The average Bonchev–Trinajstić information content (AvgIpc) is 2.68. The Morgan fingerprint density at radius 3 is 2.62 bits per heavy atom. The molecule has 1 atom stereocenters. The fourth-order valence-corrected chi connectivity index (χ4v) is 3.12. The van der Waals surface area contributed by atoms with Crippen LogP contribution in [0.25, 0.3) is 0 Å². The zero-order valence-electron chi connectivity index (χ0n) is 15.1. The second-order valence-electron chi connectivity index (χ2n) is 6.64. The SMILES string of the molecule is COc1ccc(NC(=O)c2cncc(C(=O)N3CCCC(C)C3)c2)cc1. The number of nitrogens with zero attached hydrogens (tertiary/aromatic N) is 2. The van der Waals surface area contributed by atoms with Crippen molar-refractivity contribution in [3.63, 3.8) is 0 Å². The lowest BCUT2D eigenvalue weighted by Crippen LogP contribution is -2.39. The van der Waals surface area contributed by atoms with Crippen LogP contribution in [-0.2, 0) is 0 Å². The van der Waals surface area contributed by atoms with Crippen LogP contribution in [0.2, 0.25) is 0 Å². The third-order valence-electron chi connectivity index (χ3n) is 4.54. The quantitative estimate of drug-likeness (QED) is 0.916. The van der Waals surface area contributed by atoms with Crippen LogP contribution in [0.15, 0.2) is 42.7 Å². The number of rotatable bonds is 4. The lowest BCUT2D eigenvalue weighted by Gasteiger charge is -2.30. The Labute approximate surface area is 153 Å². The van der Waals surface area contributed by atoms with Crippen molar-refractivity contribution < 1.29 is 14.3 Å². The van der Waals surface area contributed by atoms with E-state index in [2.05, 4.69) is 17.2 Å². The number of aromatic nitrogens is 1. The Bertz CT molecular complexity index is 789. The zero-order chi connectivity index (χ0) is 18.5. The highest BCUT2D eigenvalue weighted by molar-refractivity contribution is 6.05. The lowest BCUT2D eigenvalue weighted by atomic mass is 9.99. The minimum absolute atomic E-state index is 0.0665. The van der Waals surface area contributed by atoms with Crippen LogP contribution in [0.5, 0.6) is 5.75 Å². The Morgan fingerprint density at radius 2 is 1.92 bits per heavy atom. The number of hydrogen-bond acceptors (Lipinski definition) is 4. The molecule has 1 aliphatic rings. The van der Waals surface area contributed by atoms with Gasteiger partial charge in [0.1, 0.15) is 5.75 Å². The molecule has 6 heteroatoms. The Hall–Kier alpha value is -2.89. The monoisotopic (exact) mass is 353 g/mol. The molecule has 2 amide bonds. The van der Waals surface area contributed by atoms with Gasteiger partial charge < -0.3 is 15.0 Å². The summed E-state index contributed by atoms with van der Waals surface area (Å²) in [5.74, 6) is 0.850. The molecule has 0 bridgehead atoms. The molecule has 26 heavy (non-hydrogen) atoms. The number of hydrogen-bond donors (Lipinski definition) is 1. The first-order valence-corrected chi connectivity index (χ1v) is 8.76. The largest absolute Gasteiger partial charge is 0.497 e. The first-order valence-electron chi connectivity index (χ1n) is 8.76. The number of ether oxygens (including phenoxy) is 1. The molecule has 3 rings (SSSR count). The maximum Gasteiger partial charge on any atom is 0.257 e. The molecule has 1 aromatic heterocycles. The molecule has 1 fully saturated rings. The number of anilines is 1. The summed E-state index contributed by atoms with van der Waals surface area (Å²) in [5, 5.41) is 2.80. The summed E-state index contributed by atoms with van der Waals surface area (Å²) in [6, 6.07) is 8.66. The fourth-order valence-electron chi connectivity index (χ4n) is 3.12. The van der Waals surface area contributed by atoms with Crippen molar-refractivity contribution in [2.45, 2.75) is 19.8 Å². The molecule has 2 heterocycles. The highest BCUT2D eigenvalue weighted by atomic mass is 16.5. The van der Waals surface area contributed by atoms with Crippen molar-refractivity contribution in [1.82, 2.24) is 9.88 Å². The minimum atomic E-state index is -0.302. The molecule has 1 aromatic carbocycles. The zero-order valence-corrected chi connectivity index (χ0v) is 15.1. The van der Waals surface area contributed by atoms with Gasteiger partial charge in [0.2, 0.25) is 0 Å². The number of methoxy groups -OCH3 is 1. The molecule has 6 nitrogen and oxygen atoms in total. The van der Waals surface area contributed by atoms with Crippen LogP contribution in [-0.4, -0.2) is 41.9 Å². The van der Waals surface area contributed by atoms with Crippen molar-refractivity contribution >= 4 is 17.5 Å². The second kappa shape index (κ2) is 7.99. The fraction of sp³-hybridized carbons (Fsp3) is 0.350. The van der Waals surface area contributed by atoms with Crippen molar-refractivity contribution in [1.29, 1.82) is 0 Å². The third kappa shape index (κ3) is 4.20. The Kier molecular flexibility index (Phi) is 5.51. The van der Waals surface area contributed by atoms with Gasteiger partial charge in [-0.25, -0.2) is 0 Å². The van der Waals surface area contributed by atoms with E-state index in [0.717, 1.165) is 25.9 Å². The van der Waals surface area contributed by atoms with Crippen molar-refractivity contribution in [2.75, 3.05) is 25.5 Å². The van der Waals surface area contributed by atoms with Crippen LogP contribution in [0.1, 0.15) is 40.5 Å². The maximum absolute atomic E-state index is 12.7. The van der Waals surface area contributed by atoms with Crippen LogP contribution >= 0.6 is 0 Å². The number of carbonyl (C=O) groups is 2. The Balaban J connectivity index is 1.71. The van der Waals surface area contributed by atoms with E-state index in [-0.39, 0.29) is 11.8 Å². The molecule has 1 aliphatic heterocycles. The molecule has 0 saturated carbocycles. The molecule has 0 aliphatic carbocycles. The summed E-state index contributed by atoms with van der Waals surface area (Å²) >= 11 is 0. The predicted molar refractivity (Wildman–Crippen MR) is 99.5 cm³/mol. The molecule has 2 aromatic rings. The lowest BCUT2D eigenvalue weighted by molar-refractivity contribution is 0.0682. The number of carbonyl (C=O) groups excluding carboxylic acids is 2. The normalized spacial score (nSPS) is 16.8. The topological polar surface area (TPSA) is 71.5 Å². The van der Waals surface area contributed by atoms with Gasteiger partial charge in [-0.2, -0.15) is 0 Å². The standard InChI is InChI=1S/C20H23N3O3/c1-14-4-3-9-23(13-14)20(25)16-10-15(11-21-12-16)19(24)22-17-5-7-18(26-2)8-6-17/h5-8,10-12,14H,3-4,9,13H2,1-2H3,(H,22,24). The van der Waals surface area contributed by atoms with Crippen LogP contribution in [0.3, 0.4) is 0 Å². The number of amides is 2. The third-order valence-corrected chi connectivity index (χ3v) is 4.54. The molecule has 1 N–H and O–H groups in total. The summed E-state index contributed by atoms with van der Waals surface area (Å²) in [5.41, 5.74) is 1.45. The summed E-state index contributed by atoms with van der Waals surface area (Å²) in [7, 11) is 1.59. The highest BCUT2D eigenvalue weighted by Crippen LogP contribution is 2.19. The van der Waals surface area contributed by atoms with Gasteiger partial charge in [0.05, 0.1) is 18.2 Å². The summed E-state index contributed by atoms with van der Waals surface area (Å²) in [6.45, 7) is 3.66. The van der Waals surface area contributed by atoms with Crippen molar-refractivity contribution in [3.05, 3.63) is 53.9 Å². The van der Waals surface area contributed by atoms with Gasteiger partial charge in [-0.05, 0) is 49.1 Å². The van der Waals surface area contributed by atoms with Gasteiger partial charge in [0.25, 0.3) is 11.8 Å². The summed E-state index contributed by atoms with van der Waals surface area (Å²) in [6.07, 6.45) is 5.14. The number of piperidine rings is 1. The number of likely N-dealkylation sites (tertiary alicyclic amines) is 1. The first kappa shape index (κ1) is 17.9. The molecule has 1 saturated heterocycles. The first-order chi connectivity index (χ1) is 12.6. The number of benzene rings is 1. The second-order valence-corrected chi connectivity index (χ2v) is 6.64. The number of nitrogens with one attached hydrogen (secondary N) is 1. The van der Waals surface area contributed by atoms with Crippen LogP contribution in [0, 0.1) is 5.92 Å². The summed E-state index contributed by atoms with van der Waals surface area (Å²) < 4.78 is 5.10. The molecule has 1 unspecified atom stereocenters. The van der Waals surface area contributed by atoms with E-state index in [1.54, 1.807) is 37.4 Å². The van der Waals surface area contributed by atoms with Gasteiger partial charge in [0.15, 0.2) is 0 Å². The molecule has 0 spiro atoms. The highest BCUT2D eigenvalue weighted by Gasteiger charge is 2.23. The molecule has 0 radical (unpaired) electrons. The van der Waals surface area contributed by atoms with Crippen molar-refractivity contribution in [3.8, 4) is 5.75 Å². The van der Waals surface area contributed by atoms with E-state index in [9.17, 15) is 9.59 Å². The van der Waals surface area contributed by atoms with E-state index in [1.165, 1.54) is 12.4 Å². The van der Waals surface area contributed by atoms with Gasteiger partial charge in [-0.3, -0.25) is 14.6 Å². The van der Waals surface area contributed by atoms with Crippen LogP contribution < -0.4 is 10.1 Å². The van der Waals surface area contributed by atoms with E-state index in [0.29, 0.717) is 28.5 Å². The number of pyridine rings is 1. The molecular formula is C20H23N3O3. The minimum Gasteiger partial charge on any atom is -0.497 e. The van der Waals surface area contributed by atoms with Gasteiger partial charge in [-0.1, -0.05) is 6.92 Å². The maximum atomic E-state index is 12.7. The smallest absolute Gasteiger partial charge is 0.257 e. The van der Waals surface area contributed by atoms with E-state index >= 15 is 0 Å².